The molecule has 12 aromatic carbocycles. The van der Waals surface area contributed by atoms with Gasteiger partial charge in [-0.25, -0.2) is 4.85 Å². The summed E-state index contributed by atoms with van der Waals surface area (Å²) < 4.78 is 0. The highest BCUT2D eigenvalue weighted by atomic mass is 15.2. The van der Waals surface area contributed by atoms with Crippen LogP contribution in [0, 0.1) is 17.9 Å². The summed E-state index contributed by atoms with van der Waals surface area (Å²) in [4.78, 5) is 8.79. The van der Waals surface area contributed by atoms with Crippen molar-refractivity contribution in [3.05, 3.63) is 304 Å². The first-order valence-electron chi connectivity index (χ1n) is 30.7. The second-order valence-corrected chi connectivity index (χ2v) is 27.4. The Morgan fingerprint density at radius 2 is 0.628 bits per heavy atom. The Morgan fingerprint density at radius 1 is 0.337 bits per heavy atom. The minimum atomic E-state index is -0.192. The molecule has 2 aliphatic heterocycles. The molecule has 4 nitrogen and oxygen atoms in total. The van der Waals surface area contributed by atoms with E-state index in [2.05, 4.69) is 273 Å². The third kappa shape index (κ3) is 7.26. The largest absolute Gasteiger partial charge is 0.310 e. The van der Waals surface area contributed by atoms with Gasteiger partial charge in [0.05, 0.1) is 41.0 Å². The summed E-state index contributed by atoms with van der Waals surface area (Å²) in [6, 6.07) is 94.4. The maximum Gasteiger partial charge on any atom is 0.187 e. The van der Waals surface area contributed by atoms with Crippen molar-refractivity contribution in [1.29, 1.82) is 5.26 Å². The number of hydrogen-bond acceptors (Lipinski definition) is 3. The zero-order valence-corrected chi connectivity index (χ0v) is 49.1. The van der Waals surface area contributed by atoms with E-state index in [1.54, 1.807) is 0 Å². The Bertz CT molecular complexity index is 4560. The molecule has 4 fully saturated rings. The van der Waals surface area contributed by atoms with E-state index < -0.39 is 0 Å². The van der Waals surface area contributed by atoms with Gasteiger partial charge in [-0.05, 0) is 215 Å². The Morgan fingerprint density at radius 3 is 0.977 bits per heavy atom. The van der Waals surface area contributed by atoms with Gasteiger partial charge < -0.3 is 9.80 Å². The Hall–Kier alpha value is -9.74. The van der Waals surface area contributed by atoms with Crippen LogP contribution in [-0.2, 0) is 32.5 Å². The highest BCUT2D eigenvalue weighted by molar-refractivity contribution is 5.95. The molecule has 6 aliphatic rings. The van der Waals surface area contributed by atoms with Crippen LogP contribution in [0.4, 0.5) is 39.8 Å². The average molecular weight is 1110 g/mol. The van der Waals surface area contributed by atoms with Crippen LogP contribution >= 0.6 is 0 Å². The van der Waals surface area contributed by atoms with Crippen molar-refractivity contribution in [2.45, 2.75) is 98.7 Å². The van der Waals surface area contributed by atoms with Gasteiger partial charge >= 0.3 is 0 Å². The number of benzene rings is 12. The lowest BCUT2D eigenvalue weighted by Gasteiger charge is -2.71. The Kier molecular flexibility index (Phi) is 10.6. The molecule has 412 valence electrons. The molecule has 0 N–H and O–H groups in total. The van der Waals surface area contributed by atoms with E-state index in [-0.39, 0.29) is 32.5 Å². The number of fused-ring (bicyclic) bond motifs is 8. The normalized spacial score (nSPS) is 22.7. The third-order valence-electron chi connectivity index (χ3n) is 21.9. The quantitative estimate of drug-likeness (QED) is 0.156. The molecule has 18 rings (SSSR count). The summed E-state index contributed by atoms with van der Waals surface area (Å²) in [6.07, 6.45) is 6.26. The Labute approximate surface area is 504 Å². The summed E-state index contributed by atoms with van der Waals surface area (Å²) in [7, 11) is 0. The predicted octanol–water partition coefficient (Wildman–Crippen LogP) is 21.4. The summed E-state index contributed by atoms with van der Waals surface area (Å²) in [5, 5.41) is 19.6. The molecule has 2 atom stereocenters. The fourth-order valence-electron chi connectivity index (χ4n) is 18.4. The molecule has 2 unspecified atom stereocenters. The van der Waals surface area contributed by atoms with Gasteiger partial charge in [0.2, 0.25) is 0 Å². The zero-order valence-electron chi connectivity index (χ0n) is 49.1. The fourth-order valence-corrected chi connectivity index (χ4v) is 18.4. The molecular formula is C82H64N4. The highest BCUT2D eigenvalue weighted by Crippen LogP contribution is 2.75. The minimum absolute atomic E-state index is 0.135. The van der Waals surface area contributed by atoms with Crippen LogP contribution < -0.4 is 9.80 Å². The van der Waals surface area contributed by atoms with Gasteiger partial charge in [0.25, 0.3) is 0 Å². The van der Waals surface area contributed by atoms with E-state index in [9.17, 15) is 5.26 Å². The maximum absolute atomic E-state index is 10.00. The number of rotatable bonds is 6. The minimum Gasteiger partial charge on any atom is -0.310 e. The van der Waals surface area contributed by atoms with Gasteiger partial charge in [-0.3, -0.25) is 0 Å². The van der Waals surface area contributed by atoms with Crippen LogP contribution in [0.3, 0.4) is 0 Å². The predicted molar refractivity (Wildman–Crippen MR) is 355 cm³/mol. The lowest BCUT2D eigenvalue weighted by atomic mass is 9.32. The summed E-state index contributed by atoms with van der Waals surface area (Å²) in [5.74, 6) is 0. The van der Waals surface area contributed by atoms with Crippen molar-refractivity contribution in [2.24, 2.45) is 0 Å². The lowest BCUT2D eigenvalue weighted by molar-refractivity contribution is -0.0690. The highest BCUT2D eigenvalue weighted by Gasteiger charge is 2.69. The SMILES string of the molecule is [C-]#[N+]c1ccc2cc(C34CC5(c6ccc7cc(C#N)ccc7c6)CC(c6ccc7cc(N8c9ccccc9C(C)(C)c9ccccc98)ccc7c6)(C3)CC(c3ccc6cc(N7c8ccccc8C(C)(C)c8ccccc87)ccc6c3)(C5)C4)ccc2c1. The molecule has 4 heteroatoms. The van der Waals surface area contributed by atoms with Gasteiger partial charge in [0, 0.05) is 22.2 Å². The standard InChI is InChI=1S/C82H64N4/c1-77(2)69-14-6-10-18-73(69)85(74-19-11-7-15-70(74)77)67-36-29-57-41-64(33-26-60(57)44-67)81-48-79(62-31-24-54-38-53(46-83)22-23-55(54)39-62)47-80(50-81,63-32-25-59-43-66(84-5)35-28-56(59)40-63)51-82(49-79,52-81)65-34-27-61-45-68(37-30-58(61)42-65)86-75-20-12-8-16-71(75)78(3,4)72-17-9-13-21-76(72)86/h6-45H,47-52H2,1-4H3. The second-order valence-electron chi connectivity index (χ2n) is 27.4. The zero-order chi connectivity index (χ0) is 58.0. The molecule has 4 saturated carbocycles. The molecule has 12 aromatic rings. The van der Waals surface area contributed by atoms with Crippen molar-refractivity contribution >= 4 is 82.9 Å². The summed E-state index contributed by atoms with van der Waals surface area (Å²) in [6.45, 7) is 17.3. The number of nitriles is 1. The molecule has 0 amide bonds. The number of anilines is 6. The first-order chi connectivity index (χ1) is 41.8. The van der Waals surface area contributed by atoms with Crippen LogP contribution in [-0.4, -0.2) is 0 Å². The molecule has 0 spiro atoms. The van der Waals surface area contributed by atoms with Crippen molar-refractivity contribution in [1.82, 2.24) is 0 Å². The molecule has 0 radical (unpaired) electrons. The van der Waals surface area contributed by atoms with Gasteiger partial charge in [-0.2, -0.15) is 5.26 Å². The van der Waals surface area contributed by atoms with Crippen molar-refractivity contribution < 1.29 is 0 Å². The fraction of sp³-hybridized carbons (Fsp3) is 0.195. The van der Waals surface area contributed by atoms with Gasteiger partial charge in [0.1, 0.15) is 0 Å². The van der Waals surface area contributed by atoms with E-state index in [4.69, 9.17) is 6.57 Å². The number of hydrogen-bond donors (Lipinski definition) is 0. The van der Waals surface area contributed by atoms with Crippen molar-refractivity contribution in [3.8, 4) is 6.07 Å². The molecule has 0 saturated heterocycles. The van der Waals surface area contributed by atoms with Crippen molar-refractivity contribution in [2.75, 3.05) is 9.80 Å². The van der Waals surface area contributed by atoms with E-state index in [1.165, 1.54) is 111 Å². The molecular weight excluding hydrogens is 1040 g/mol. The number of nitrogens with zero attached hydrogens (tertiary/aromatic N) is 4. The molecule has 4 bridgehead atoms. The smallest absolute Gasteiger partial charge is 0.187 e. The van der Waals surface area contributed by atoms with E-state index in [0.29, 0.717) is 11.3 Å². The van der Waals surface area contributed by atoms with E-state index >= 15 is 0 Å². The maximum atomic E-state index is 10.00. The molecule has 4 aliphatic carbocycles. The van der Waals surface area contributed by atoms with Gasteiger partial charge in [-0.1, -0.05) is 204 Å². The first kappa shape index (κ1) is 50.7. The monoisotopic (exact) mass is 1100 g/mol. The summed E-state index contributed by atoms with van der Waals surface area (Å²) >= 11 is 0. The van der Waals surface area contributed by atoms with Crippen LogP contribution in [0.5, 0.6) is 0 Å². The molecule has 2 heterocycles. The second kappa shape index (κ2) is 17.9. The van der Waals surface area contributed by atoms with Gasteiger partial charge in [0.15, 0.2) is 5.69 Å². The molecule has 86 heavy (non-hydrogen) atoms. The van der Waals surface area contributed by atoms with Crippen LogP contribution in [0.25, 0.3) is 47.9 Å². The topological polar surface area (TPSA) is 34.6 Å². The van der Waals surface area contributed by atoms with Gasteiger partial charge in [-0.15, -0.1) is 0 Å². The van der Waals surface area contributed by atoms with E-state index in [1.807, 2.05) is 18.2 Å². The van der Waals surface area contributed by atoms with Crippen molar-refractivity contribution in [3.63, 3.8) is 0 Å². The van der Waals surface area contributed by atoms with Crippen LogP contribution in [0.15, 0.2) is 243 Å². The molecule has 0 aromatic heterocycles. The Balaban J connectivity index is 0.849. The van der Waals surface area contributed by atoms with Crippen LogP contribution in [0.2, 0.25) is 0 Å². The van der Waals surface area contributed by atoms with E-state index in [0.717, 1.165) is 49.3 Å². The average Bonchev–Trinajstić information content (AvgIpc) is 0.970. The first-order valence-corrected chi connectivity index (χ1v) is 30.7. The van der Waals surface area contributed by atoms with Crippen LogP contribution in [0.1, 0.15) is 116 Å². The number of para-hydroxylation sites is 4. The summed E-state index contributed by atoms with van der Waals surface area (Å²) in [5.41, 5.74) is 18.6. The third-order valence-corrected chi connectivity index (χ3v) is 21.9. The lowest BCUT2D eigenvalue weighted by Crippen LogP contribution is -2.67.